The average molecular weight is 208 g/mol. The summed E-state index contributed by atoms with van der Waals surface area (Å²) in [5.41, 5.74) is 0. The highest BCUT2D eigenvalue weighted by atomic mass is 19.3. The highest BCUT2D eigenvalue weighted by Crippen LogP contribution is 2.38. The van der Waals surface area contributed by atoms with E-state index in [-0.39, 0.29) is 19.4 Å². The van der Waals surface area contributed by atoms with Crippen LogP contribution in [0.1, 0.15) is 26.2 Å². The number of ether oxygens (including phenoxy) is 1. The molecule has 5 heteroatoms. The van der Waals surface area contributed by atoms with Gasteiger partial charge >= 0.3 is 5.97 Å². The van der Waals surface area contributed by atoms with Gasteiger partial charge in [0.15, 0.2) is 0 Å². The first kappa shape index (κ1) is 11.4. The number of hydrogen-bond acceptors (Lipinski definition) is 2. The van der Waals surface area contributed by atoms with Crippen LogP contribution in [0.5, 0.6) is 0 Å². The molecule has 0 aromatic carbocycles. The molecule has 0 aromatic heterocycles. The molecule has 0 heterocycles. The van der Waals surface area contributed by atoms with Gasteiger partial charge in [0.05, 0.1) is 5.92 Å². The predicted molar refractivity (Wildman–Crippen MR) is 45.3 cm³/mol. The first-order chi connectivity index (χ1) is 6.47. The van der Waals surface area contributed by atoms with Crippen molar-refractivity contribution in [2.24, 2.45) is 5.92 Å². The van der Waals surface area contributed by atoms with Gasteiger partial charge in [0, 0.05) is 13.0 Å². The Bertz CT molecular complexity index is 218. The molecule has 1 N–H and O–H groups in total. The number of aliphatic carboxylic acids is 1. The second kappa shape index (κ2) is 4.21. The third kappa shape index (κ3) is 2.41. The van der Waals surface area contributed by atoms with E-state index in [4.69, 9.17) is 9.84 Å². The first-order valence-electron chi connectivity index (χ1n) is 4.69. The van der Waals surface area contributed by atoms with E-state index >= 15 is 0 Å². The topological polar surface area (TPSA) is 46.5 Å². The van der Waals surface area contributed by atoms with Crippen LogP contribution in [0.15, 0.2) is 0 Å². The molecule has 0 radical (unpaired) electrons. The van der Waals surface area contributed by atoms with Crippen molar-refractivity contribution in [1.82, 2.24) is 0 Å². The van der Waals surface area contributed by atoms with Crippen molar-refractivity contribution in [3.8, 4) is 0 Å². The number of carboxylic acid groups (broad SMARTS) is 1. The van der Waals surface area contributed by atoms with E-state index in [1.165, 1.54) is 0 Å². The van der Waals surface area contributed by atoms with Crippen LogP contribution in [-0.2, 0) is 9.53 Å². The molecule has 1 aliphatic rings. The van der Waals surface area contributed by atoms with E-state index in [2.05, 4.69) is 0 Å². The lowest BCUT2D eigenvalue weighted by atomic mass is 9.84. The Morgan fingerprint density at radius 2 is 2.21 bits per heavy atom. The van der Waals surface area contributed by atoms with Crippen molar-refractivity contribution < 1.29 is 23.4 Å². The lowest BCUT2D eigenvalue weighted by Crippen LogP contribution is -2.43. The van der Waals surface area contributed by atoms with Crippen molar-refractivity contribution in [2.75, 3.05) is 6.61 Å². The number of hydrogen-bond donors (Lipinski definition) is 1. The summed E-state index contributed by atoms with van der Waals surface area (Å²) < 4.78 is 31.4. The number of halogens is 2. The summed E-state index contributed by atoms with van der Waals surface area (Å²) in [6, 6.07) is 0. The molecule has 0 aromatic rings. The lowest BCUT2D eigenvalue weighted by Gasteiger charge is -2.33. The highest BCUT2D eigenvalue weighted by Gasteiger charge is 2.47. The Morgan fingerprint density at radius 3 is 2.64 bits per heavy atom. The molecule has 1 saturated carbocycles. The molecule has 2 unspecified atom stereocenters. The zero-order chi connectivity index (χ0) is 10.8. The van der Waals surface area contributed by atoms with Gasteiger partial charge in [-0.3, -0.25) is 4.79 Å². The minimum Gasteiger partial charge on any atom is -0.481 e. The number of rotatable bonds is 3. The molecule has 0 aliphatic heterocycles. The van der Waals surface area contributed by atoms with E-state index in [1.807, 2.05) is 0 Å². The second-order valence-corrected chi connectivity index (χ2v) is 3.52. The summed E-state index contributed by atoms with van der Waals surface area (Å²) in [6.45, 7) is 1.89. The summed E-state index contributed by atoms with van der Waals surface area (Å²) >= 11 is 0. The molecule has 14 heavy (non-hydrogen) atoms. The molecule has 0 bridgehead atoms. The molecule has 0 spiro atoms. The minimum atomic E-state index is -3.00. The highest BCUT2D eigenvalue weighted by molar-refractivity contribution is 5.70. The zero-order valence-electron chi connectivity index (χ0n) is 8.00. The van der Waals surface area contributed by atoms with Crippen molar-refractivity contribution in [3.63, 3.8) is 0 Å². The summed E-state index contributed by atoms with van der Waals surface area (Å²) in [5, 5.41) is 8.61. The van der Waals surface area contributed by atoms with Gasteiger partial charge in [-0.1, -0.05) is 0 Å². The summed E-state index contributed by atoms with van der Waals surface area (Å²) in [6.07, 6.45) is -1.32. The molecule has 1 aliphatic carbocycles. The quantitative estimate of drug-likeness (QED) is 0.770. The third-order valence-electron chi connectivity index (χ3n) is 2.48. The Morgan fingerprint density at radius 1 is 1.57 bits per heavy atom. The fourth-order valence-electron chi connectivity index (χ4n) is 1.74. The Kier molecular flexibility index (Phi) is 3.42. The van der Waals surface area contributed by atoms with Gasteiger partial charge in [0.2, 0.25) is 0 Å². The normalized spacial score (nSPS) is 31.4. The number of carbonyl (C=O) groups is 1. The largest absolute Gasteiger partial charge is 0.481 e. The average Bonchev–Trinajstić information content (AvgIpc) is 2.08. The number of carboxylic acids is 1. The van der Waals surface area contributed by atoms with Gasteiger partial charge in [-0.05, 0) is 19.8 Å². The van der Waals surface area contributed by atoms with Crippen LogP contribution in [0.25, 0.3) is 0 Å². The van der Waals surface area contributed by atoms with Crippen molar-refractivity contribution in [3.05, 3.63) is 0 Å². The van der Waals surface area contributed by atoms with Crippen LogP contribution in [0.2, 0.25) is 0 Å². The molecule has 82 valence electrons. The van der Waals surface area contributed by atoms with Crippen LogP contribution in [-0.4, -0.2) is 29.7 Å². The molecular formula is C9H14F2O3. The monoisotopic (exact) mass is 208 g/mol. The molecule has 1 fully saturated rings. The van der Waals surface area contributed by atoms with E-state index in [0.29, 0.717) is 0 Å². The van der Waals surface area contributed by atoms with Crippen LogP contribution in [0.3, 0.4) is 0 Å². The van der Waals surface area contributed by atoms with Gasteiger partial charge in [-0.15, -0.1) is 0 Å². The van der Waals surface area contributed by atoms with Gasteiger partial charge < -0.3 is 9.84 Å². The van der Waals surface area contributed by atoms with Gasteiger partial charge in [-0.2, -0.15) is 0 Å². The van der Waals surface area contributed by atoms with Crippen LogP contribution in [0, 0.1) is 5.92 Å². The van der Waals surface area contributed by atoms with E-state index in [9.17, 15) is 13.6 Å². The van der Waals surface area contributed by atoms with Gasteiger partial charge in [0.25, 0.3) is 5.92 Å². The van der Waals surface area contributed by atoms with Crippen molar-refractivity contribution >= 4 is 5.97 Å². The van der Waals surface area contributed by atoms with Crippen LogP contribution < -0.4 is 0 Å². The van der Waals surface area contributed by atoms with E-state index in [0.717, 1.165) is 0 Å². The fourth-order valence-corrected chi connectivity index (χ4v) is 1.74. The number of alkyl halides is 2. The summed E-state index contributed by atoms with van der Waals surface area (Å²) in [5.74, 6) is -5.07. The molecule has 3 nitrogen and oxygen atoms in total. The smallest absolute Gasteiger partial charge is 0.306 e. The van der Waals surface area contributed by atoms with E-state index in [1.54, 1.807) is 6.92 Å². The lowest BCUT2D eigenvalue weighted by molar-refractivity contribution is -0.178. The van der Waals surface area contributed by atoms with Crippen LogP contribution in [0.4, 0.5) is 8.78 Å². The molecule has 0 saturated heterocycles. The van der Waals surface area contributed by atoms with E-state index < -0.39 is 30.3 Å². The fraction of sp³-hybridized carbons (Fsp3) is 0.889. The standard InChI is InChI=1S/C9H14F2O3/c1-2-14-7-4-3-6(8(12)13)5-9(7,10)11/h6-7H,2-5H2,1H3,(H,12,13). The molecule has 1 rings (SSSR count). The van der Waals surface area contributed by atoms with Gasteiger partial charge in [-0.25, -0.2) is 8.78 Å². The second-order valence-electron chi connectivity index (χ2n) is 3.52. The maximum Gasteiger partial charge on any atom is 0.306 e. The Hall–Kier alpha value is -0.710. The minimum absolute atomic E-state index is 0.123. The van der Waals surface area contributed by atoms with Crippen molar-refractivity contribution in [1.29, 1.82) is 0 Å². The molecule has 0 amide bonds. The van der Waals surface area contributed by atoms with Crippen molar-refractivity contribution in [2.45, 2.75) is 38.2 Å². The third-order valence-corrected chi connectivity index (χ3v) is 2.48. The molecular weight excluding hydrogens is 194 g/mol. The summed E-state index contributed by atoms with van der Waals surface area (Å²) in [7, 11) is 0. The SMILES string of the molecule is CCOC1CCC(C(=O)O)CC1(F)F. The maximum absolute atomic E-state index is 13.3. The molecule has 2 atom stereocenters. The summed E-state index contributed by atoms with van der Waals surface area (Å²) in [4.78, 5) is 10.5. The zero-order valence-corrected chi connectivity index (χ0v) is 8.00. The predicted octanol–water partition coefficient (Wildman–Crippen LogP) is 1.91. The Balaban J connectivity index is 2.60. The van der Waals surface area contributed by atoms with Gasteiger partial charge in [0.1, 0.15) is 6.10 Å². The first-order valence-corrected chi connectivity index (χ1v) is 4.69. The Labute approximate surface area is 81.1 Å². The van der Waals surface area contributed by atoms with Crippen LogP contribution >= 0.6 is 0 Å². The maximum atomic E-state index is 13.3.